The van der Waals surface area contributed by atoms with E-state index in [1.54, 1.807) is 0 Å². The number of carbonyl (C=O) groups is 1. The summed E-state index contributed by atoms with van der Waals surface area (Å²) in [6.45, 7) is 2.94. The molecule has 1 fully saturated rings. The molecule has 0 radical (unpaired) electrons. The Hall–Kier alpha value is -1.50. The van der Waals surface area contributed by atoms with Gasteiger partial charge in [-0.25, -0.2) is 0 Å². The Morgan fingerprint density at radius 1 is 1.17 bits per heavy atom. The molecule has 2 aliphatic rings. The van der Waals surface area contributed by atoms with E-state index >= 15 is 0 Å². The largest absolute Gasteiger partial charge is 0.486 e. The number of rotatable bonds is 4. The third-order valence-electron chi connectivity index (χ3n) is 4.15. The number of carbonyl (C=O) groups excluding carboxylic acids is 1. The molecule has 2 aliphatic heterocycles. The molecule has 0 bridgehead atoms. The predicted molar refractivity (Wildman–Crippen MR) is 88.0 cm³/mol. The summed E-state index contributed by atoms with van der Waals surface area (Å²) < 4.78 is 16.3. The Morgan fingerprint density at radius 2 is 1.87 bits per heavy atom. The van der Waals surface area contributed by atoms with Gasteiger partial charge in [-0.05, 0) is 36.5 Å². The van der Waals surface area contributed by atoms with Gasteiger partial charge in [0.2, 0.25) is 5.91 Å². The summed E-state index contributed by atoms with van der Waals surface area (Å²) in [5, 5.41) is 2.90. The van der Waals surface area contributed by atoms with Gasteiger partial charge in [0.1, 0.15) is 13.2 Å². The first kappa shape index (κ1) is 17.8. The maximum absolute atomic E-state index is 12.2. The number of halogens is 1. The zero-order chi connectivity index (χ0) is 15.4. The first-order chi connectivity index (χ1) is 10.7. The van der Waals surface area contributed by atoms with Gasteiger partial charge in [0.05, 0.1) is 6.04 Å². The van der Waals surface area contributed by atoms with Crippen LogP contribution in [0.2, 0.25) is 0 Å². The molecule has 0 aliphatic carbocycles. The maximum atomic E-state index is 12.2. The van der Waals surface area contributed by atoms with Crippen LogP contribution in [0, 0.1) is 5.92 Å². The standard InChI is InChI=1S/C16H22N2O4.ClH/c17-15(12-3-5-20-6-4-12)16(19)18-10-11-1-2-13-14(9-11)22-8-7-21-13;/h1-2,9,12,15H,3-8,10,17H2,(H,18,19);1H. The molecule has 23 heavy (non-hydrogen) atoms. The minimum atomic E-state index is -0.471. The van der Waals surface area contributed by atoms with Crippen LogP contribution in [-0.2, 0) is 16.1 Å². The number of nitrogens with one attached hydrogen (secondary N) is 1. The molecular weight excluding hydrogens is 320 g/mol. The molecule has 1 aromatic carbocycles. The van der Waals surface area contributed by atoms with E-state index in [4.69, 9.17) is 19.9 Å². The minimum Gasteiger partial charge on any atom is -0.486 e. The number of amides is 1. The van der Waals surface area contributed by atoms with Crippen molar-refractivity contribution in [3.8, 4) is 11.5 Å². The lowest BCUT2D eigenvalue weighted by Gasteiger charge is -2.26. The molecule has 128 valence electrons. The second-order valence-corrected chi connectivity index (χ2v) is 5.67. The molecule has 6 nitrogen and oxygen atoms in total. The van der Waals surface area contributed by atoms with Crippen molar-refractivity contribution in [2.45, 2.75) is 25.4 Å². The average molecular weight is 343 g/mol. The zero-order valence-corrected chi connectivity index (χ0v) is 13.8. The van der Waals surface area contributed by atoms with Gasteiger partial charge in [0.25, 0.3) is 0 Å². The maximum Gasteiger partial charge on any atom is 0.237 e. The van der Waals surface area contributed by atoms with Gasteiger partial charge in [0, 0.05) is 19.8 Å². The Morgan fingerprint density at radius 3 is 2.61 bits per heavy atom. The molecule has 1 atom stereocenters. The lowest BCUT2D eigenvalue weighted by atomic mass is 9.92. The average Bonchev–Trinajstić information content (AvgIpc) is 2.59. The topological polar surface area (TPSA) is 82.8 Å². The molecule has 0 aromatic heterocycles. The molecule has 1 amide bonds. The van der Waals surface area contributed by atoms with Crippen molar-refractivity contribution < 1.29 is 19.0 Å². The monoisotopic (exact) mass is 342 g/mol. The zero-order valence-electron chi connectivity index (χ0n) is 13.0. The van der Waals surface area contributed by atoms with Crippen molar-refractivity contribution in [1.29, 1.82) is 0 Å². The molecule has 1 aromatic rings. The highest BCUT2D eigenvalue weighted by molar-refractivity contribution is 5.85. The van der Waals surface area contributed by atoms with Crippen molar-refractivity contribution in [2.24, 2.45) is 11.7 Å². The lowest BCUT2D eigenvalue weighted by Crippen LogP contribution is -2.46. The second kappa shape index (κ2) is 8.38. The fourth-order valence-electron chi connectivity index (χ4n) is 2.79. The fourth-order valence-corrected chi connectivity index (χ4v) is 2.79. The normalized spacial score (nSPS) is 18.7. The highest BCUT2D eigenvalue weighted by atomic mass is 35.5. The molecule has 0 spiro atoms. The number of hydrogen-bond acceptors (Lipinski definition) is 5. The summed E-state index contributed by atoms with van der Waals surface area (Å²) >= 11 is 0. The van der Waals surface area contributed by atoms with Crippen LogP contribution in [-0.4, -0.2) is 38.4 Å². The lowest BCUT2D eigenvalue weighted by molar-refractivity contribution is -0.124. The van der Waals surface area contributed by atoms with E-state index in [2.05, 4.69) is 5.32 Å². The molecule has 1 unspecified atom stereocenters. The van der Waals surface area contributed by atoms with Gasteiger partial charge < -0.3 is 25.3 Å². The second-order valence-electron chi connectivity index (χ2n) is 5.67. The number of hydrogen-bond donors (Lipinski definition) is 2. The minimum absolute atomic E-state index is 0. The summed E-state index contributed by atoms with van der Waals surface area (Å²) in [6.07, 6.45) is 1.69. The predicted octanol–water partition coefficient (Wildman–Crippen LogP) is 1.25. The quantitative estimate of drug-likeness (QED) is 0.860. The smallest absolute Gasteiger partial charge is 0.237 e. The Balaban J connectivity index is 0.00000192. The summed E-state index contributed by atoms with van der Waals surface area (Å²) in [5.41, 5.74) is 7.02. The third-order valence-corrected chi connectivity index (χ3v) is 4.15. The molecule has 1 saturated heterocycles. The van der Waals surface area contributed by atoms with E-state index in [1.165, 1.54) is 0 Å². The van der Waals surface area contributed by atoms with Crippen LogP contribution < -0.4 is 20.5 Å². The van der Waals surface area contributed by atoms with Crippen LogP contribution in [0.3, 0.4) is 0 Å². The van der Waals surface area contributed by atoms with Crippen LogP contribution in [0.15, 0.2) is 18.2 Å². The van der Waals surface area contributed by atoms with Gasteiger partial charge in [-0.1, -0.05) is 6.07 Å². The summed E-state index contributed by atoms with van der Waals surface area (Å²) in [4.78, 5) is 12.2. The summed E-state index contributed by atoms with van der Waals surface area (Å²) in [6, 6.07) is 5.22. The van der Waals surface area contributed by atoms with E-state index in [1.807, 2.05) is 18.2 Å². The molecule has 3 rings (SSSR count). The van der Waals surface area contributed by atoms with Crippen molar-refractivity contribution in [1.82, 2.24) is 5.32 Å². The van der Waals surface area contributed by atoms with Gasteiger partial charge in [-0.3, -0.25) is 4.79 Å². The molecule has 2 heterocycles. The Bertz CT molecular complexity index is 535. The van der Waals surface area contributed by atoms with Crippen LogP contribution in [0.5, 0.6) is 11.5 Å². The van der Waals surface area contributed by atoms with Crippen LogP contribution in [0.1, 0.15) is 18.4 Å². The SMILES string of the molecule is Cl.NC(C(=O)NCc1ccc2c(c1)OCCO2)C1CCOCC1. The van der Waals surface area contributed by atoms with Crippen molar-refractivity contribution >= 4 is 18.3 Å². The van der Waals surface area contributed by atoms with Crippen LogP contribution in [0.25, 0.3) is 0 Å². The third kappa shape index (κ3) is 4.50. The van der Waals surface area contributed by atoms with E-state index in [-0.39, 0.29) is 24.2 Å². The van der Waals surface area contributed by atoms with E-state index in [9.17, 15) is 4.79 Å². The van der Waals surface area contributed by atoms with Crippen LogP contribution >= 0.6 is 12.4 Å². The Kier molecular flexibility index (Phi) is 6.50. The highest BCUT2D eigenvalue weighted by Gasteiger charge is 2.26. The fraction of sp³-hybridized carbons (Fsp3) is 0.562. The number of fused-ring (bicyclic) bond motifs is 1. The summed E-state index contributed by atoms with van der Waals surface area (Å²) in [5.74, 6) is 1.57. The molecule has 3 N–H and O–H groups in total. The van der Waals surface area contributed by atoms with E-state index in [0.29, 0.717) is 33.0 Å². The molecule has 7 heteroatoms. The number of ether oxygens (including phenoxy) is 3. The molecule has 0 saturated carbocycles. The van der Waals surface area contributed by atoms with Crippen molar-refractivity contribution in [2.75, 3.05) is 26.4 Å². The first-order valence-corrected chi connectivity index (χ1v) is 7.73. The number of benzene rings is 1. The summed E-state index contributed by atoms with van der Waals surface area (Å²) in [7, 11) is 0. The highest BCUT2D eigenvalue weighted by Crippen LogP contribution is 2.30. The van der Waals surface area contributed by atoms with Crippen molar-refractivity contribution in [3.63, 3.8) is 0 Å². The van der Waals surface area contributed by atoms with Gasteiger partial charge in [-0.15, -0.1) is 12.4 Å². The number of nitrogens with two attached hydrogens (primary N) is 1. The van der Waals surface area contributed by atoms with Gasteiger partial charge in [-0.2, -0.15) is 0 Å². The van der Waals surface area contributed by atoms with Crippen LogP contribution in [0.4, 0.5) is 0 Å². The van der Waals surface area contributed by atoms with Gasteiger partial charge >= 0.3 is 0 Å². The van der Waals surface area contributed by atoms with Gasteiger partial charge in [0.15, 0.2) is 11.5 Å². The first-order valence-electron chi connectivity index (χ1n) is 7.73. The Labute approximate surface area is 142 Å². The van der Waals surface area contributed by atoms with Crippen molar-refractivity contribution in [3.05, 3.63) is 23.8 Å². The van der Waals surface area contributed by atoms with E-state index in [0.717, 1.165) is 29.9 Å². The van der Waals surface area contributed by atoms with E-state index < -0.39 is 6.04 Å². The molecular formula is C16H23ClN2O4.